The zero-order valence-corrected chi connectivity index (χ0v) is 14.1. The van der Waals surface area contributed by atoms with Crippen LogP contribution in [0.4, 0.5) is 0 Å². The number of ether oxygens (including phenoxy) is 1. The second-order valence-electron chi connectivity index (χ2n) is 5.76. The van der Waals surface area contributed by atoms with Gasteiger partial charge in [0.05, 0.1) is 24.0 Å². The summed E-state index contributed by atoms with van der Waals surface area (Å²) in [7, 11) is 1.64. The fourth-order valence-electron chi connectivity index (χ4n) is 2.90. The molecule has 2 heterocycles. The predicted molar refractivity (Wildman–Crippen MR) is 99.5 cm³/mol. The first-order valence-electron chi connectivity index (χ1n) is 8.10. The lowest BCUT2D eigenvalue weighted by Gasteiger charge is -2.10. The minimum Gasteiger partial charge on any atom is -0.495 e. The number of aryl methyl sites for hydroxylation is 1. The molecule has 0 radical (unpaired) electrons. The van der Waals surface area contributed by atoms with Crippen LogP contribution in [0.1, 0.15) is 5.69 Å². The molecule has 0 aliphatic carbocycles. The molecule has 25 heavy (non-hydrogen) atoms. The minimum absolute atomic E-state index is 0.614. The molecule has 0 bridgehead atoms. The van der Waals surface area contributed by atoms with Crippen LogP contribution >= 0.6 is 0 Å². The third-order valence-electron chi connectivity index (χ3n) is 4.14. The van der Waals surface area contributed by atoms with Crippen molar-refractivity contribution in [2.24, 2.45) is 0 Å². The van der Waals surface area contributed by atoms with Gasteiger partial charge < -0.3 is 4.74 Å². The molecule has 122 valence electrons. The van der Waals surface area contributed by atoms with Gasteiger partial charge in [0.2, 0.25) is 0 Å². The number of pyridine rings is 1. The van der Waals surface area contributed by atoms with Gasteiger partial charge in [-0.2, -0.15) is 0 Å². The number of aromatic nitrogens is 3. The molecule has 0 saturated heterocycles. The molecule has 4 nitrogen and oxygen atoms in total. The smallest absolute Gasteiger partial charge is 0.179 e. The number of benzene rings is 2. The SMILES string of the molecule is COc1ccc(-c2nc(-c3ccccc3)c3ccccc3n2)nc1C. The first-order valence-corrected chi connectivity index (χ1v) is 8.10. The maximum absolute atomic E-state index is 5.30. The van der Waals surface area contributed by atoms with E-state index >= 15 is 0 Å². The Balaban J connectivity index is 1.95. The summed E-state index contributed by atoms with van der Waals surface area (Å²) in [5, 5.41) is 1.03. The highest BCUT2D eigenvalue weighted by atomic mass is 16.5. The second kappa shape index (κ2) is 6.32. The van der Waals surface area contributed by atoms with E-state index < -0.39 is 0 Å². The molecule has 2 aromatic carbocycles. The van der Waals surface area contributed by atoms with E-state index in [-0.39, 0.29) is 0 Å². The molecule has 0 saturated carbocycles. The quantitative estimate of drug-likeness (QED) is 0.548. The summed E-state index contributed by atoms with van der Waals surface area (Å²) in [5.74, 6) is 1.37. The number of nitrogens with zero attached hydrogens (tertiary/aromatic N) is 3. The standard InChI is InChI=1S/C21H17N3O/c1-14-19(25-2)13-12-18(22-14)21-23-17-11-7-6-10-16(17)20(24-21)15-8-4-3-5-9-15/h3-13H,1-2H3. The van der Waals surface area contributed by atoms with Crippen molar-refractivity contribution in [2.75, 3.05) is 7.11 Å². The van der Waals surface area contributed by atoms with E-state index in [2.05, 4.69) is 17.1 Å². The average molecular weight is 327 g/mol. The normalized spacial score (nSPS) is 10.8. The third-order valence-corrected chi connectivity index (χ3v) is 4.14. The van der Waals surface area contributed by atoms with Gasteiger partial charge in [-0.25, -0.2) is 15.0 Å². The van der Waals surface area contributed by atoms with Crippen LogP contribution in [-0.2, 0) is 0 Å². The largest absolute Gasteiger partial charge is 0.495 e. The summed E-state index contributed by atoms with van der Waals surface area (Å²) in [4.78, 5) is 14.1. The van der Waals surface area contributed by atoms with Gasteiger partial charge in [-0.15, -0.1) is 0 Å². The summed E-state index contributed by atoms with van der Waals surface area (Å²) in [6.07, 6.45) is 0. The topological polar surface area (TPSA) is 47.9 Å². The van der Waals surface area contributed by atoms with Crippen molar-refractivity contribution < 1.29 is 4.74 Å². The maximum Gasteiger partial charge on any atom is 0.179 e. The van der Waals surface area contributed by atoms with E-state index in [1.165, 1.54) is 0 Å². The Labute approximate surface area is 146 Å². The van der Waals surface area contributed by atoms with Crippen molar-refractivity contribution in [1.82, 2.24) is 15.0 Å². The van der Waals surface area contributed by atoms with Gasteiger partial charge in [0.1, 0.15) is 11.4 Å². The van der Waals surface area contributed by atoms with Crippen LogP contribution in [0, 0.1) is 6.92 Å². The Morgan fingerprint density at radius 2 is 1.52 bits per heavy atom. The predicted octanol–water partition coefficient (Wildman–Crippen LogP) is 4.68. The molecule has 0 unspecified atom stereocenters. The molecule has 0 atom stereocenters. The van der Waals surface area contributed by atoms with Gasteiger partial charge in [-0.05, 0) is 25.1 Å². The van der Waals surface area contributed by atoms with E-state index in [9.17, 15) is 0 Å². The summed E-state index contributed by atoms with van der Waals surface area (Å²) in [6, 6.07) is 22.0. The molecule has 4 rings (SSSR count). The zero-order chi connectivity index (χ0) is 17.2. The minimum atomic E-state index is 0.614. The van der Waals surface area contributed by atoms with Crippen LogP contribution in [0.5, 0.6) is 5.75 Å². The fourth-order valence-corrected chi connectivity index (χ4v) is 2.90. The lowest BCUT2D eigenvalue weighted by molar-refractivity contribution is 0.409. The Morgan fingerprint density at radius 1 is 0.760 bits per heavy atom. The molecule has 0 aliphatic rings. The molecule has 2 aromatic heterocycles. The van der Waals surface area contributed by atoms with E-state index in [0.717, 1.165) is 39.3 Å². The van der Waals surface area contributed by atoms with Crippen LogP contribution in [0.2, 0.25) is 0 Å². The third kappa shape index (κ3) is 2.83. The number of fused-ring (bicyclic) bond motifs is 1. The van der Waals surface area contributed by atoms with E-state index in [4.69, 9.17) is 14.7 Å². The van der Waals surface area contributed by atoms with Crippen molar-refractivity contribution in [2.45, 2.75) is 6.92 Å². The fraction of sp³-hybridized carbons (Fsp3) is 0.0952. The van der Waals surface area contributed by atoms with Gasteiger partial charge >= 0.3 is 0 Å². The van der Waals surface area contributed by atoms with E-state index in [1.807, 2.05) is 61.5 Å². The number of rotatable bonds is 3. The van der Waals surface area contributed by atoms with Crippen LogP contribution in [0.3, 0.4) is 0 Å². The van der Waals surface area contributed by atoms with Crippen LogP contribution in [0.15, 0.2) is 66.7 Å². The van der Waals surface area contributed by atoms with Crippen molar-refractivity contribution in [3.63, 3.8) is 0 Å². The Hall–Kier alpha value is -3.27. The molecule has 0 spiro atoms. The highest BCUT2D eigenvalue weighted by Gasteiger charge is 2.12. The number of hydrogen-bond acceptors (Lipinski definition) is 4. The highest BCUT2D eigenvalue weighted by molar-refractivity contribution is 5.93. The molecule has 0 fully saturated rings. The van der Waals surface area contributed by atoms with Crippen LogP contribution in [-0.4, -0.2) is 22.1 Å². The lowest BCUT2D eigenvalue weighted by atomic mass is 10.1. The maximum atomic E-state index is 5.30. The molecular weight excluding hydrogens is 310 g/mol. The van der Waals surface area contributed by atoms with Crippen molar-refractivity contribution in [3.05, 3.63) is 72.4 Å². The van der Waals surface area contributed by atoms with Crippen molar-refractivity contribution in [3.8, 4) is 28.5 Å². The molecule has 4 aromatic rings. The average Bonchev–Trinajstić information content (AvgIpc) is 2.67. The summed E-state index contributed by atoms with van der Waals surface area (Å²) < 4.78 is 5.30. The Kier molecular flexibility index (Phi) is 3.86. The Bertz CT molecular complexity index is 1050. The molecular formula is C21H17N3O. The lowest BCUT2D eigenvalue weighted by Crippen LogP contribution is -1.98. The van der Waals surface area contributed by atoms with Gasteiger partial charge in [0, 0.05) is 10.9 Å². The van der Waals surface area contributed by atoms with Crippen molar-refractivity contribution in [1.29, 1.82) is 0 Å². The summed E-state index contributed by atoms with van der Waals surface area (Å²) in [6.45, 7) is 1.92. The molecule has 0 aliphatic heterocycles. The van der Waals surface area contributed by atoms with Crippen LogP contribution in [0.25, 0.3) is 33.7 Å². The van der Waals surface area contributed by atoms with Crippen molar-refractivity contribution >= 4 is 10.9 Å². The highest BCUT2D eigenvalue weighted by Crippen LogP contribution is 2.29. The van der Waals surface area contributed by atoms with E-state index in [0.29, 0.717) is 5.82 Å². The van der Waals surface area contributed by atoms with Gasteiger partial charge in [0.15, 0.2) is 5.82 Å². The second-order valence-corrected chi connectivity index (χ2v) is 5.76. The van der Waals surface area contributed by atoms with Gasteiger partial charge in [-0.1, -0.05) is 48.5 Å². The zero-order valence-electron chi connectivity index (χ0n) is 14.1. The van der Waals surface area contributed by atoms with Gasteiger partial charge in [0.25, 0.3) is 0 Å². The first-order chi connectivity index (χ1) is 12.3. The van der Waals surface area contributed by atoms with Gasteiger partial charge in [-0.3, -0.25) is 0 Å². The summed E-state index contributed by atoms with van der Waals surface area (Å²) >= 11 is 0. The summed E-state index contributed by atoms with van der Waals surface area (Å²) in [5.41, 5.74) is 4.44. The monoisotopic (exact) mass is 327 g/mol. The first kappa shape index (κ1) is 15.3. The van der Waals surface area contributed by atoms with E-state index in [1.54, 1.807) is 7.11 Å². The Morgan fingerprint density at radius 3 is 2.28 bits per heavy atom. The number of para-hydroxylation sites is 1. The number of methoxy groups -OCH3 is 1. The molecule has 4 heteroatoms. The van der Waals surface area contributed by atoms with Crippen LogP contribution < -0.4 is 4.74 Å². The molecule has 0 amide bonds. The molecule has 0 N–H and O–H groups in total. The number of hydrogen-bond donors (Lipinski definition) is 0.